The van der Waals surface area contributed by atoms with E-state index in [2.05, 4.69) is 15.3 Å². The Morgan fingerprint density at radius 3 is 2.86 bits per heavy atom. The van der Waals surface area contributed by atoms with Crippen molar-refractivity contribution in [2.75, 3.05) is 5.73 Å². The number of rotatable bonds is 3. The molecule has 0 aliphatic heterocycles. The summed E-state index contributed by atoms with van der Waals surface area (Å²) < 4.78 is 3.77. The number of aryl methyl sites for hydroxylation is 2. The molecule has 6 nitrogen and oxygen atoms in total. The van der Waals surface area contributed by atoms with Crippen molar-refractivity contribution in [2.45, 2.75) is 20.0 Å². The second-order valence-corrected chi connectivity index (χ2v) is 3.08. The van der Waals surface area contributed by atoms with Crippen molar-refractivity contribution >= 4 is 5.82 Å². The Morgan fingerprint density at radius 2 is 2.29 bits per heavy atom. The maximum absolute atomic E-state index is 5.58. The Hall–Kier alpha value is -1.85. The van der Waals surface area contributed by atoms with E-state index in [9.17, 15) is 0 Å². The van der Waals surface area contributed by atoms with E-state index in [4.69, 9.17) is 5.73 Å². The smallest absolute Gasteiger partial charge is 0.168 e. The largest absolute Gasteiger partial charge is 0.381 e. The lowest BCUT2D eigenvalue weighted by atomic mass is 10.4. The maximum Gasteiger partial charge on any atom is 0.168 e. The number of anilines is 1. The van der Waals surface area contributed by atoms with Crippen LogP contribution in [0.25, 0.3) is 0 Å². The van der Waals surface area contributed by atoms with Crippen molar-refractivity contribution in [1.29, 1.82) is 0 Å². The van der Waals surface area contributed by atoms with Crippen molar-refractivity contribution in [3.63, 3.8) is 0 Å². The molecule has 0 spiro atoms. The zero-order valence-corrected chi connectivity index (χ0v) is 7.96. The SMILES string of the molecule is Cc1c(N)nnn1CCn1ccnc1. The lowest BCUT2D eigenvalue weighted by Gasteiger charge is -2.03. The average Bonchev–Trinajstić information content (AvgIpc) is 2.77. The van der Waals surface area contributed by atoms with Crippen molar-refractivity contribution in [2.24, 2.45) is 0 Å². The number of nitrogen functional groups attached to an aromatic ring is 1. The minimum Gasteiger partial charge on any atom is -0.381 e. The van der Waals surface area contributed by atoms with Gasteiger partial charge in [0, 0.05) is 18.9 Å². The van der Waals surface area contributed by atoms with E-state index in [1.165, 1.54) is 0 Å². The monoisotopic (exact) mass is 192 g/mol. The van der Waals surface area contributed by atoms with Gasteiger partial charge in [0.25, 0.3) is 0 Å². The van der Waals surface area contributed by atoms with Gasteiger partial charge in [0.2, 0.25) is 0 Å². The van der Waals surface area contributed by atoms with E-state index in [0.29, 0.717) is 5.82 Å². The molecular weight excluding hydrogens is 180 g/mol. The summed E-state index contributed by atoms with van der Waals surface area (Å²) in [6.07, 6.45) is 5.44. The van der Waals surface area contributed by atoms with Gasteiger partial charge in [-0.3, -0.25) is 0 Å². The van der Waals surface area contributed by atoms with Crippen LogP contribution in [-0.2, 0) is 13.1 Å². The highest BCUT2D eigenvalue weighted by atomic mass is 15.4. The molecule has 0 unspecified atom stereocenters. The van der Waals surface area contributed by atoms with E-state index >= 15 is 0 Å². The highest BCUT2D eigenvalue weighted by molar-refractivity contribution is 5.31. The van der Waals surface area contributed by atoms with Crippen LogP contribution in [0.4, 0.5) is 5.82 Å². The lowest BCUT2D eigenvalue weighted by Crippen LogP contribution is -2.09. The van der Waals surface area contributed by atoms with Crippen LogP contribution >= 0.6 is 0 Å². The fraction of sp³-hybridized carbons (Fsp3) is 0.375. The molecule has 0 saturated heterocycles. The van der Waals surface area contributed by atoms with Gasteiger partial charge in [0.1, 0.15) is 0 Å². The van der Waals surface area contributed by atoms with Gasteiger partial charge < -0.3 is 10.3 Å². The van der Waals surface area contributed by atoms with Gasteiger partial charge in [-0.25, -0.2) is 9.67 Å². The Balaban J connectivity index is 2.02. The fourth-order valence-electron chi connectivity index (χ4n) is 1.22. The van der Waals surface area contributed by atoms with Crippen LogP contribution in [0.5, 0.6) is 0 Å². The van der Waals surface area contributed by atoms with Crippen LogP contribution in [0.15, 0.2) is 18.7 Å². The number of hydrogen-bond acceptors (Lipinski definition) is 4. The first kappa shape index (κ1) is 8.74. The quantitative estimate of drug-likeness (QED) is 0.746. The Kier molecular flexibility index (Phi) is 2.18. The summed E-state index contributed by atoms with van der Waals surface area (Å²) in [7, 11) is 0. The standard InChI is InChI=1S/C8H12N6/c1-7-8(9)11-12-14(7)5-4-13-3-2-10-6-13/h2-3,6H,4-5,9H2,1H3. The van der Waals surface area contributed by atoms with Crippen molar-refractivity contribution in [1.82, 2.24) is 24.5 Å². The minimum atomic E-state index is 0.496. The Labute approximate surface area is 81.4 Å². The van der Waals surface area contributed by atoms with Crippen molar-refractivity contribution in [3.05, 3.63) is 24.4 Å². The summed E-state index contributed by atoms with van der Waals surface area (Å²) in [5.74, 6) is 0.496. The number of aromatic nitrogens is 5. The molecule has 0 saturated carbocycles. The summed E-state index contributed by atoms with van der Waals surface area (Å²) >= 11 is 0. The molecule has 14 heavy (non-hydrogen) atoms. The van der Waals surface area contributed by atoms with Crippen LogP contribution in [0.2, 0.25) is 0 Å². The molecule has 0 fully saturated rings. The summed E-state index contributed by atoms with van der Waals surface area (Å²) in [6.45, 7) is 3.49. The van der Waals surface area contributed by atoms with Crippen LogP contribution in [0.3, 0.4) is 0 Å². The predicted octanol–water partition coefficient (Wildman–Crippen LogP) is 0.0654. The molecular formula is C8H12N6. The second-order valence-electron chi connectivity index (χ2n) is 3.08. The molecule has 0 amide bonds. The van der Waals surface area contributed by atoms with Crippen LogP contribution in [0.1, 0.15) is 5.69 Å². The van der Waals surface area contributed by atoms with E-state index < -0.39 is 0 Å². The van der Waals surface area contributed by atoms with Gasteiger partial charge in [-0.05, 0) is 6.92 Å². The zero-order valence-electron chi connectivity index (χ0n) is 7.96. The van der Waals surface area contributed by atoms with Crippen LogP contribution < -0.4 is 5.73 Å². The van der Waals surface area contributed by atoms with Gasteiger partial charge in [0.05, 0.1) is 18.6 Å². The Morgan fingerprint density at radius 1 is 1.43 bits per heavy atom. The topological polar surface area (TPSA) is 74.5 Å². The molecule has 0 aromatic carbocycles. The molecule has 2 heterocycles. The van der Waals surface area contributed by atoms with Gasteiger partial charge >= 0.3 is 0 Å². The molecule has 0 radical (unpaired) electrons. The van der Waals surface area contributed by atoms with Gasteiger partial charge in [-0.1, -0.05) is 5.21 Å². The summed E-state index contributed by atoms with van der Waals surface area (Å²) in [6, 6.07) is 0. The lowest BCUT2D eigenvalue weighted by molar-refractivity contribution is 0.510. The molecule has 2 rings (SSSR count). The average molecular weight is 192 g/mol. The van der Waals surface area contributed by atoms with Gasteiger partial charge in [0.15, 0.2) is 5.82 Å². The molecule has 0 aliphatic rings. The molecule has 6 heteroatoms. The first-order valence-corrected chi connectivity index (χ1v) is 4.38. The molecule has 2 aromatic rings. The van der Waals surface area contributed by atoms with E-state index in [0.717, 1.165) is 18.8 Å². The first-order chi connectivity index (χ1) is 6.77. The number of imidazole rings is 1. The summed E-state index contributed by atoms with van der Waals surface area (Å²) in [5.41, 5.74) is 6.48. The van der Waals surface area contributed by atoms with Crippen LogP contribution in [-0.4, -0.2) is 24.5 Å². The first-order valence-electron chi connectivity index (χ1n) is 4.38. The normalized spacial score (nSPS) is 10.6. The molecule has 2 aromatic heterocycles. The zero-order chi connectivity index (χ0) is 9.97. The molecule has 0 aliphatic carbocycles. The third-order valence-corrected chi connectivity index (χ3v) is 2.15. The summed E-state index contributed by atoms with van der Waals surface area (Å²) in [5, 5.41) is 7.70. The molecule has 74 valence electrons. The third-order valence-electron chi connectivity index (χ3n) is 2.15. The number of hydrogen-bond donors (Lipinski definition) is 1. The molecule has 0 bridgehead atoms. The summed E-state index contributed by atoms with van der Waals surface area (Å²) in [4.78, 5) is 3.96. The second kappa shape index (κ2) is 3.49. The number of nitrogens with two attached hydrogens (primary N) is 1. The highest BCUT2D eigenvalue weighted by Gasteiger charge is 2.03. The maximum atomic E-state index is 5.58. The van der Waals surface area contributed by atoms with Crippen molar-refractivity contribution < 1.29 is 0 Å². The molecule has 2 N–H and O–H groups in total. The fourth-order valence-corrected chi connectivity index (χ4v) is 1.22. The molecule has 0 atom stereocenters. The van der Waals surface area contributed by atoms with Crippen LogP contribution in [0, 0.1) is 6.92 Å². The van der Waals surface area contributed by atoms with Crippen molar-refractivity contribution in [3.8, 4) is 0 Å². The van der Waals surface area contributed by atoms with E-state index in [1.54, 1.807) is 17.2 Å². The minimum absolute atomic E-state index is 0.496. The third kappa shape index (κ3) is 1.59. The number of nitrogens with zero attached hydrogens (tertiary/aromatic N) is 5. The van der Waals surface area contributed by atoms with E-state index in [1.807, 2.05) is 17.7 Å². The predicted molar refractivity (Wildman–Crippen MR) is 51.4 cm³/mol. The van der Waals surface area contributed by atoms with Gasteiger partial charge in [-0.2, -0.15) is 0 Å². The highest BCUT2D eigenvalue weighted by Crippen LogP contribution is 2.04. The van der Waals surface area contributed by atoms with Gasteiger partial charge in [-0.15, -0.1) is 5.10 Å². The van der Waals surface area contributed by atoms with E-state index in [-0.39, 0.29) is 0 Å². The Bertz CT molecular complexity index is 401.